The SMILES string of the molecule is COc1cc(N2C=NC3C=C(c4ccc(Cl)cc4)SC3(C)C2=O)ccc1OCC(N)=O. The molecule has 0 bridgehead atoms. The third-order valence-electron chi connectivity index (χ3n) is 5.11. The smallest absolute Gasteiger partial charge is 0.255 e. The summed E-state index contributed by atoms with van der Waals surface area (Å²) in [6, 6.07) is 12.3. The quantitative estimate of drug-likeness (QED) is 0.716. The Labute approximate surface area is 188 Å². The summed E-state index contributed by atoms with van der Waals surface area (Å²) in [7, 11) is 1.48. The zero-order valence-electron chi connectivity index (χ0n) is 16.9. The van der Waals surface area contributed by atoms with Gasteiger partial charge in [-0.3, -0.25) is 19.5 Å². The molecule has 2 aliphatic rings. The topological polar surface area (TPSA) is 94.2 Å². The van der Waals surface area contributed by atoms with Crippen LogP contribution in [0, 0.1) is 0 Å². The van der Waals surface area contributed by atoms with E-state index in [9.17, 15) is 9.59 Å². The van der Waals surface area contributed by atoms with Gasteiger partial charge in [0.1, 0.15) is 4.75 Å². The maximum Gasteiger partial charge on any atom is 0.255 e. The predicted octanol–water partition coefficient (Wildman–Crippen LogP) is 3.50. The maximum atomic E-state index is 13.5. The monoisotopic (exact) mass is 457 g/mol. The highest BCUT2D eigenvalue weighted by Crippen LogP contribution is 2.50. The van der Waals surface area contributed by atoms with E-state index in [1.807, 2.05) is 37.3 Å². The molecule has 2 aromatic rings. The van der Waals surface area contributed by atoms with Gasteiger partial charge < -0.3 is 15.2 Å². The van der Waals surface area contributed by atoms with Crippen LogP contribution in [-0.4, -0.2) is 42.7 Å². The number of anilines is 1. The Hall–Kier alpha value is -2.97. The molecular weight excluding hydrogens is 438 g/mol. The summed E-state index contributed by atoms with van der Waals surface area (Å²) in [5, 5.41) is 0.661. The summed E-state index contributed by atoms with van der Waals surface area (Å²) in [6.07, 6.45) is 3.55. The Bertz CT molecular complexity index is 1100. The average molecular weight is 458 g/mol. The first-order valence-corrected chi connectivity index (χ1v) is 10.6. The molecule has 160 valence electrons. The molecule has 0 aromatic heterocycles. The van der Waals surface area contributed by atoms with Gasteiger partial charge in [0.05, 0.1) is 25.2 Å². The van der Waals surface area contributed by atoms with Gasteiger partial charge in [0, 0.05) is 16.0 Å². The molecule has 4 rings (SSSR count). The van der Waals surface area contributed by atoms with E-state index >= 15 is 0 Å². The Balaban J connectivity index is 1.58. The summed E-state index contributed by atoms with van der Waals surface area (Å²) < 4.78 is 9.94. The predicted molar refractivity (Wildman–Crippen MR) is 123 cm³/mol. The zero-order valence-corrected chi connectivity index (χ0v) is 18.4. The number of nitrogens with two attached hydrogens (primary N) is 1. The minimum absolute atomic E-state index is 0.0921. The zero-order chi connectivity index (χ0) is 22.2. The number of aliphatic imine (C=N–C) groups is 1. The number of benzene rings is 2. The number of thioether (sulfide) groups is 1. The number of carbonyl (C=O) groups excluding carboxylic acids is 2. The normalized spacial score (nSPS) is 22.2. The number of carbonyl (C=O) groups is 2. The molecule has 2 aromatic carbocycles. The van der Waals surface area contributed by atoms with Crippen molar-refractivity contribution in [3.8, 4) is 11.5 Å². The summed E-state index contributed by atoms with van der Waals surface area (Å²) in [5.41, 5.74) is 6.71. The lowest BCUT2D eigenvalue weighted by Gasteiger charge is -2.35. The van der Waals surface area contributed by atoms with E-state index in [1.165, 1.54) is 30.1 Å². The number of ether oxygens (including phenoxy) is 2. The van der Waals surface area contributed by atoms with Crippen LogP contribution >= 0.6 is 23.4 Å². The third-order valence-corrected chi connectivity index (χ3v) is 6.79. The molecule has 2 amide bonds. The molecule has 2 aliphatic heterocycles. The van der Waals surface area contributed by atoms with Crippen LogP contribution in [0.5, 0.6) is 11.5 Å². The van der Waals surface area contributed by atoms with Crippen LogP contribution in [0.1, 0.15) is 12.5 Å². The fourth-order valence-corrected chi connectivity index (χ4v) is 4.91. The lowest BCUT2D eigenvalue weighted by Crippen LogP contribution is -2.52. The Morgan fingerprint density at radius 2 is 2.00 bits per heavy atom. The molecule has 0 aliphatic carbocycles. The van der Waals surface area contributed by atoms with Crippen LogP contribution in [0.3, 0.4) is 0 Å². The van der Waals surface area contributed by atoms with Crippen molar-refractivity contribution in [3.63, 3.8) is 0 Å². The first-order valence-electron chi connectivity index (χ1n) is 9.44. The minimum Gasteiger partial charge on any atom is -0.493 e. The molecule has 0 saturated carbocycles. The van der Waals surface area contributed by atoms with Gasteiger partial charge in [-0.15, -0.1) is 11.8 Å². The molecule has 0 saturated heterocycles. The molecule has 9 heteroatoms. The number of rotatable bonds is 6. The molecular formula is C22H20ClN3O4S. The van der Waals surface area contributed by atoms with Gasteiger partial charge in [-0.2, -0.15) is 0 Å². The van der Waals surface area contributed by atoms with Gasteiger partial charge >= 0.3 is 0 Å². The van der Waals surface area contributed by atoms with Gasteiger partial charge in [0.15, 0.2) is 18.1 Å². The Morgan fingerprint density at radius 1 is 1.26 bits per heavy atom. The van der Waals surface area contributed by atoms with Crippen molar-refractivity contribution in [2.24, 2.45) is 10.7 Å². The van der Waals surface area contributed by atoms with Gasteiger partial charge in [0.2, 0.25) is 0 Å². The van der Waals surface area contributed by atoms with Crippen LogP contribution in [0.15, 0.2) is 53.5 Å². The number of primary amides is 1. The Kier molecular flexibility index (Phi) is 5.68. The molecule has 0 fully saturated rings. The van der Waals surface area contributed by atoms with Crippen LogP contribution < -0.4 is 20.1 Å². The van der Waals surface area contributed by atoms with Crippen molar-refractivity contribution in [2.75, 3.05) is 18.6 Å². The number of nitrogens with zero attached hydrogens (tertiary/aromatic N) is 2. The van der Waals surface area contributed by atoms with Crippen LogP contribution in [0.2, 0.25) is 5.02 Å². The molecule has 0 radical (unpaired) electrons. The van der Waals surface area contributed by atoms with Crippen molar-refractivity contribution < 1.29 is 19.1 Å². The number of hydrogen-bond acceptors (Lipinski definition) is 6. The highest BCUT2D eigenvalue weighted by Gasteiger charge is 2.50. The molecule has 2 heterocycles. The molecule has 2 unspecified atom stereocenters. The summed E-state index contributed by atoms with van der Waals surface area (Å²) in [6.45, 7) is 1.63. The van der Waals surface area contributed by atoms with E-state index in [1.54, 1.807) is 18.2 Å². The second kappa shape index (κ2) is 8.28. The lowest BCUT2D eigenvalue weighted by atomic mass is 9.97. The number of amides is 2. The van der Waals surface area contributed by atoms with Crippen molar-refractivity contribution in [2.45, 2.75) is 17.7 Å². The number of methoxy groups -OCH3 is 1. The second-order valence-corrected chi connectivity index (χ2v) is 9.15. The highest BCUT2D eigenvalue weighted by molar-refractivity contribution is 8.10. The number of halogens is 1. The van der Waals surface area contributed by atoms with E-state index in [-0.39, 0.29) is 18.6 Å². The molecule has 2 atom stereocenters. The fourth-order valence-electron chi connectivity index (χ4n) is 3.44. The largest absolute Gasteiger partial charge is 0.493 e. The van der Waals surface area contributed by atoms with Crippen LogP contribution in [0.4, 0.5) is 5.69 Å². The number of fused-ring (bicyclic) bond motifs is 1. The van der Waals surface area contributed by atoms with Gasteiger partial charge in [-0.25, -0.2) is 0 Å². The van der Waals surface area contributed by atoms with Crippen molar-refractivity contribution in [1.82, 2.24) is 0 Å². The number of hydrogen-bond donors (Lipinski definition) is 1. The van der Waals surface area contributed by atoms with Crippen LogP contribution in [0.25, 0.3) is 4.91 Å². The molecule has 7 nitrogen and oxygen atoms in total. The summed E-state index contributed by atoms with van der Waals surface area (Å²) >= 11 is 7.49. The van der Waals surface area contributed by atoms with Crippen molar-refractivity contribution in [3.05, 3.63) is 59.1 Å². The molecule has 0 spiro atoms. The summed E-state index contributed by atoms with van der Waals surface area (Å²) in [4.78, 5) is 31.6. The van der Waals surface area contributed by atoms with Gasteiger partial charge in [0.25, 0.3) is 11.8 Å². The van der Waals surface area contributed by atoms with E-state index in [2.05, 4.69) is 4.99 Å². The summed E-state index contributed by atoms with van der Waals surface area (Å²) in [5.74, 6) is 0.0556. The van der Waals surface area contributed by atoms with E-state index < -0.39 is 10.7 Å². The van der Waals surface area contributed by atoms with E-state index in [0.717, 1.165) is 10.5 Å². The molecule has 31 heavy (non-hydrogen) atoms. The fraction of sp³-hybridized carbons (Fsp3) is 0.227. The first-order chi connectivity index (χ1) is 14.8. The first kappa shape index (κ1) is 21.3. The van der Waals surface area contributed by atoms with Crippen LogP contribution in [-0.2, 0) is 9.59 Å². The minimum atomic E-state index is -0.780. The van der Waals surface area contributed by atoms with E-state index in [4.69, 9.17) is 26.8 Å². The standard InChI is InChI=1S/C22H20ClN3O4S/c1-22-19(10-18(31-22)13-3-5-14(23)6-4-13)25-12-26(21(22)28)15-7-8-16(17(9-15)29-2)30-11-20(24)27/h3-10,12,19H,11H2,1-2H3,(H2,24,27). The molecule has 2 N–H and O–H groups in total. The van der Waals surface area contributed by atoms with E-state index in [0.29, 0.717) is 22.2 Å². The van der Waals surface area contributed by atoms with Crippen molar-refractivity contribution in [1.29, 1.82) is 0 Å². The lowest BCUT2D eigenvalue weighted by molar-refractivity contribution is -0.120. The highest BCUT2D eigenvalue weighted by atomic mass is 35.5. The van der Waals surface area contributed by atoms with Gasteiger partial charge in [-0.1, -0.05) is 23.7 Å². The van der Waals surface area contributed by atoms with Crippen molar-refractivity contribution >= 4 is 52.1 Å². The Morgan fingerprint density at radius 3 is 2.68 bits per heavy atom. The third kappa shape index (κ3) is 4.00. The van der Waals surface area contributed by atoms with Gasteiger partial charge in [-0.05, 0) is 42.8 Å². The maximum absolute atomic E-state index is 13.5. The average Bonchev–Trinajstić information content (AvgIpc) is 3.11. The second-order valence-electron chi connectivity index (χ2n) is 7.22.